The average molecular weight is 404 g/mol. The third-order valence-corrected chi connectivity index (χ3v) is 3.90. The zero-order chi connectivity index (χ0) is 22.6. The molecule has 0 saturated heterocycles. The number of rotatable bonds is 7. The van der Waals surface area contributed by atoms with Crippen LogP contribution in [0.25, 0.3) is 5.70 Å². The number of aliphatic imine (C=N–C) groups is 2. The van der Waals surface area contributed by atoms with Crippen molar-refractivity contribution < 1.29 is 13.9 Å². The number of amides is 1. The van der Waals surface area contributed by atoms with Gasteiger partial charge in [-0.15, -0.1) is 0 Å². The van der Waals surface area contributed by atoms with Gasteiger partial charge in [-0.2, -0.15) is 0 Å². The second kappa shape index (κ2) is 13.4. The number of hydrogen-bond donors (Lipinski definition) is 1. The van der Waals surface area contributed by atoms with Gasteiger partial charge in [-0.05, 0) is 38.0 Å². The summed E-state index contributed by atoms with van der Waals surface area (Å²) in [5.74, 6) is -0.117. The summed E-state index contributed by atoms with van der Waals surface area (Å²) in [5, 5.41) is 2.83. The number of allylic oxidation sites excluding steroid dienone is 1. The van der Waals surface area contributed by atoms with Crippen molar-refractivity contribution >= 4 is 23.2 Å². The van der Waals surface area contributed by atoms with Gasteiger partial charge in [-0.1, -0.05) is 46.4 Å². The molecule has 0 aliphatic rings. The summed E-state index contributed by atoms with van der Waals surface area (Å²) in [4.78, 5) is 20.9. The monoisotopic (exact) mass is 403 g/mol. The number of halogens is 1. The number of methoxy groups -OCH3 is 1. The number of carbonyl (C=O) groups excluding carboxylic acids is 1. The highest BCUT2D eigenvalue weighted by Gasteiger charge is 2.17. The summed E-state index contributed by atoms with van der Waals surface area (Å²) in [6, 6.07) is 5.49. The van der Waals surface area contributed by atoms with Crippen molar-refractivity contribution in [2.24, 2.45) is 15.9 Å². The summed E-state index contributed by atoms with van der Waals surface area (Å²) in [6.07, 6.45) is 1.77. The molecule has 0 saturated carbocycles. The van der Waals surface area contributed by atoms with E-state index in [1.54, 1.807) is 39.1 Å². The van der Waals surface area contributed by atoms with E-state index < -0.39 is 6.04 Å². The van der Waals surface area contributed by atoms with Crippen LogP contribution in [0.2, 0.25) is 0 Å². The van der Waals surface area contributed by atoms with Gasteiger partial charge >= 0.3 is 0 Å². The lowest BCUT2D eigenvalue weighted by atomic mass is 10.1. The molecule has 1 rings (SSSR count). The fourth-order valence-corrected chi connectivity index (χ4v) is 2.33. The molecule has 0 heterocycles. The van der Waals surface area contributed by atoms with Gasteiger partial charge in [0.25, 0.3) is 0 Å². The fourth-order valence-electron chi connectivity index (χ4n) is 2.33. The Bertz CT molecular complexity index is 780. The smallest absolute Gasteiger partial charge is 0.247 e. The van der Waals surface area contributed by atoms with Crippen molar-refractivity contribution in [1.82, 2.24) is 5.32 Å². The van der Waals surface area contributed by atoms with Crippen LogP contribution >= 0.6 is 0 Å². The molecule has 160 valence electrons. The standard InChI is InChI=1S/C21H28FN3O2.C2H6/c1-13(2)19(23-6)11-14(3)20(26)24-16(5)21(27-7)25-15(4)17-9-8-10-18(22)12-17;1-2/h8-13,16H,4H2,1-3,5-7H3,(H,24,26);1-2H3/b14-11+,23-19?,25-21?;/t16-;/m0./s1. The average Bonchev–Trinajstić information content (AvgIpc) is 2.70. The fraction of sp³-hybridized carbons (Fsp3) is 0.435. The van der Waals surface area contributed by atoms with Gasteiger partial charge in [0.1, 0.15) is 11.9 Å². The maximum Gasteiger partial charge on any atom is 0.247 e. The molecular weight excluding hydrogens is 369 g/mol. The van der Waals surface area contributed by atoms with Crippen LogP contribution in [-0.2, 0) is 9.53 Å². The zero-order valence-electron chi connectivity index (χ0n) is 18.8. The van der Waals surface area contributed by atoms with Crippen molar-refractivity contribution in [3.63, 3.8) is 0 Å². The summed E-state index contributed by atoms with van der Waals surface area (Å²) < 4.78 is 18.7. The first-order valence-electron chi connectivity index (χ1n) is 9.72. The highest BCUT2D eigenvalue weighted by molar-refractivity contribution is 6.05. The number of benzene rings is 1. The summed E-state index contributed by atoms with van der Waals surface area (Å²) >= 11 is 0. The first-order chi connectivity index (χ1) is 13.7. The predicted octanol–water partition coefficient (Wildman–Crippen LogP) is 5.05. The number of carbonyl (C=O) groups is 1. The van der Waals surface area contributed by atoms with Crippen molar-refractivity contribution in [2.75, 3.05) is 14.2 Å². The van der Waals surface area contributed by atoms with Crippen LogP contribution in [0.3, 0.4) is 0 Å². The molecule has 0 radical (unpaired) electrons. The lowest BCUT2D eigenvalue weighted by Crippen LogP contribution is -2.39. The second-order valence-electron chi connectivity index (χ2n) is 6.44. The van der Waals surface area contributed by atoms with E-state index in [0.717, 1.165) is 5.71 Å². The van der Waals surface area contributed by atoms with E-state index in [-0.39, 0.29) is 23.5 Å². The van der Waals surface area contributed by atoms with Crippen molar-refractivity contribution in [3.05, 3.63) is 53.9 Å². The quantitative estimate of drug-likeness (QED) is 0.394. The lowest BCUT2D eigenvalue weighted by molar-refractivity contribution is -0.117. The van der Waals surface area contributed by atoms with E-state index in [4.69, 9.17) is 4.74 Å². The maximum absolute atomic E-state index is 13.4. The Morgan fingerprint density at radius 1 is 1.28 bits per heavy atom. The van der Waals surface area contributed by atoms with Crippen LogP contribution in [0.1, 0.15) is 47.1 Å². The molecule has 29 heavy (non-hydrogen) atoms. The Kier molecular flexibility index (Phi) is 12.1. The van der Waals surface area contributed by atoms with Gasteiger partial charge in [-0.25, -0.2) is 9.38 Å². The first-order valence-corrected chi connectivity index (χ1v) is 9.72. The Hall–Kier alpha value is -2.76. The Morgan fingerprint density at radius 3 is 2.38 bits per heavy atom. The van der Waals surface area contributed by atoms with E-state index in [1.807, 2.05) is 27.7 Å². The van der Waals surface area contributed by atoms with Crippen LogP contribution in [-0.4, -0.2) is 37.7 Å². The van der Waals surface area contributed by atoms with Crippen LogP contribution in [0, 0.1) is 11.7 Å². The molecule has 0 aromatic heterocycles. The normalized spacial score (nSPS) is 13.4. The minimum Gasteiger partial charge on any atom is -0.483 e. The molecule has 6 heteroatoms. The first kappa shape index (κ1) is 26.2. The van der Waals surface area contributed by atoms with Crippen LogP contribution in [0.5, 0.6) is 0 Å². The highest BCUT2D eigenvalue weighted by atomic mass is 19.1. The molecule has 0 fully saturated rings. The summed E-state index contributed by atoms with van der Waals surface area (Å²) in [6.45, 7) is 15.4. The van der Waals surface area contributed by atoms with Crippen LogP contribution < -0.4 is 5.32 Å². The molecular formula is C23H34FN3O2. The van der Waals surface area contributed by atoms with E-state index >= 15 is 0 Å². The van der Waals surface area contributed by atoms with Gasteiger partial charge in [0.05, 0.1) is 12.8 Å². The van der Waals surface area contributed by atoms with E-state index in [1.165, 1.54) is 19.2 Å². The number of nitrogens with zero attached hydrogens (tertiary/aromatic N) is 2. The summed E-state index contributed by atoms with van der Waals surface area (Å²) in [5.41, 5.74) is 2.27. The Labute approximate surface area is 174 Å². The second-order valence-corrected chi connectivity index (χ2v) is 6.44. The van der Waals surface area contributed by atoms with Crippen molar-refractivity contribution in [2.45, 2.75) is 47.6 Å². The molecule has 1 N–H and O–H groups in total. The van der Waals surface area contributed by atoms with E-state index in [0.29, 0.717) is 16.8 Å². The molecule has 0 aliphatic carbocycles. The molecule has 1 aromatic carbocycles. The van der Waals surface area contributed by atoms with Gasteiger partial charge in [0.15, 0.2) is 0 Å². The molecule has 0 spiro atoms. The van der Waals surface area contributed by atoms with E-state index in [2.05, 4.69) is 21.9 Å². The number of nitrogens with one attached hydrogen (secondary N) is 1. The Morgan fingerprint density at radius 2 is 1.90 bits per heavy atom. The molecule has 1 aromatic rings. The van der Waals surface area contributed by atoms with Crippen LogP contribution in [0.15, 0.2) is 52.5 Å². The van der Waals surface area contributed by atoms with Crippen molar-refractivity contribution in [3.8, 4) is 0 Å². The number of hydrogen-bond acceptors (Lipinski definition) is 4. The number of ether oxygens (including phenoxy) is 1. The largest absolute Gasteiger partial charge is 0.483 e. The van der Waals surface area contributed by atoms with Crippen molar-refractivity contribution in [1.29, 1.82) is 0 Å². The third-order valence-electron chi connectivity index (χ3n) is 3.90. The minimum absolute atomic E-state index is 0.223. The highest BCUT2D eigenvalue weighted by Crippen LogP contribution is 2.16. The van der Waals surface area contributed by atoms with Gasteiger partial charge in [-0.3, -0.25) is 9.79 Å². The maximum atomic E-state index is 13.4. The predicted molar refractivity (Wildman–Crippen MR) is 121 cm³/mol. The Balaban J connectivity index is 0.00000379. The van der Waals surface area contributed by atoms with Gasteiger partial charge in [0.2, 0.25) is 11.8 Å². The molecule has 0 aliphatic heterocycles. The third kappa shape index (κ3) is 8.85. The molecule has 1 atom stereocenters. The van der Waals surface area contributed by atoms with Crippen LogP contribution in [0.4, 0.5) is 4.39 Å². The van der Waals surface area contributed by atoms with Gasteiger partial charge < -0.3 is 10.1 Å². The zero-order valence-corrected chi connectivity index (χ0v) is 18.8. The van der Waals surface area contributed by atoms with Gasteiger partial charge in [0, 0.05) is 23.9 Å². The molecule has 5 nitrogen and oxygen atoms in total. The molecule has 0 unspecified atom stereocenters. The lowest BCUT2D eigenvalue weighted by Gasteiger charge is -2.16. The topological polar surface area (TPSA) is 63.0 Å². The summed E-state index contributed by atoms with van der Waals surface area (Å²) in [7, 11) is 3.16. The van der Waals surface area contributed by atoms with E-state index in [9.17, 15) is 9.18 Å². The minimum atomic E-state index is -0.489. The molecule has 1 amide bonds. The SMILES string of the molecule is C=C(N=C(OC)[C@H](C)NC(=O)/C(C)=C/C(=NC)C(C)C)c1cccc(F)c1.CC. The molecule has 0 bridgehead atoms.